The third-order valence-electron chi connectivity index (χ3n) is 2.92. The topological polar surface area (TPSA) is 72.5 Å². The fourth-order valence-corrected chi connectivity index (χ4v) is 1.98. The fraction of sp³-hybridized carbons (Fsp3) is 0.167. The Morgan fingerprint density at radius 2 is 2.24 bits per heavy atom. The second kappa shape index (κ2) is 3.71. The van der Waals surface area contributed by atoms with E-state index in [4.69, 9.17) is 5.73 Å². The standard InChI is InChI=1S/C12H13N5/c1-17-11-6-8(7-13)2-3-9(11)15-12(17)10-4-5-14-16-10/h2-6H,7,13H2,1H3,(H,14,16). The van der Waals surface area contributed by atoms with E-state index in [2.05, 4.69) is 21.2 Å². The Balaban J connectivity index is 2.25. The van der Waals surface area contributed by atoms with Gasteiger partial charge in [-0.05, 0) is 23.8 Å². The van der Waals surface area contributed by atoms with E-state index in [1.807, 2.05) is 29.8 Å². The Labute approximate surface area is 98.3 Å². The zero-order valence-electron chi connectivity index (χ0n) is 9.51. The van der Waals surface area contributed by atoms with E-state index in [1.165, 1.54) is 0 Å². The van der Waals surface area contributed by atoms with Gasteiger partial charge in [-0.3, -0.25) is 5.10 Å². The van der Waals surface area contributed by atoms with Crippen LogP contribution >= 0.6 is 0 Å². The minimum atomic E-state index is 0.542. The first kappa shape index (κ1) is 10.0. The van der Waals surface area contributed by atoms with Crippen LogP contribution in [0.5, 0.6) is 0 Å². The third kappa shape index (κ3) is 1.52. The predicted molar refractivity (Wildman–Crippen MR) is 66.2 cm³/mol. The molecule has 0 spiro atoms. The van der Waals surface area contributed by atoms with Gasteiger partial charge in [-0.15, -0.1) is 0 Å². The van der Waals surface area contributed by atoms with Crippen LogP contribution in [0.4, 0.5) is 0 Å². The number of aromatic nitrogens is 4. The number of nitrogens with one attached hydrogen (secondary N) is 1. The molecule has 0 unspecified atom stereocenters. The van der Waals surface area contributed by atoms with Crippen molar-refractivity contribution in [2.24, 2.45) is 12.8 Å². The van der Waals surface area contributed by atoms with Crippen molar-refractivity contribution in [2.75, 3.05) is 0 Å². The zero-order valence-corrected chi connectivity index (χ0v) is 9.51. The van der Waals surface area contributed by atoms with E-state index in [-0.39, 0.29) is 0 Å². The molecule has 0 bridgehead atoms. The number of fused-ring (bicyclic) bond motifs is 1. The van der Waals surface area contributed by atoms with Crippen LogP contribution < -0.4 is 5.73 Å². The highest BCUT2D eigenvalue weighted by molar-refractivity contribution is 5.80. The van der Waals surface area contributed by atoms with Gasteiger partial charge in [0.05, 0.1) is 11.0 Å². The summed E-state index contributed by atoms with van der Waals surface area (Å²) < 4.78 is 2.04. The highest BCUT2D eigenvalue weighted by Crippen LogP contribution is 2.22. The summed E-state index contributed by atoms with van der Waals surface area (Å²) in [5, 5.41) is 6.87. The van der Waals surface area contributed by atoms with Crippen molar-refractivity contribution in [1.29, 1.82) is 0 Å². The highest BCUT2D eigenvalue weighted by atomic mass is 15.1. The minimum Gasteiger partial charge on any atom is -0.326 e. The summed E-state index contributed by atoms with van der Waals surface area (Å²) in [5.41, 5.74) is 9.72. The molecule has 0 amide bonds. The van der Waals surface area contributed by atoms with Crippen LogP contribution in [0, 0.1) is 0 Å². The molecule has 3 rings (SSSR count). The SMILES string of the molecule is Cn1c(-c2ccn[nH]2)nc2ccc(CN)cc21. The van der Waals surface area contributed by atoms with E-state index < -0.39 is 0 Å². The molecule has 1 aromatic carbocycles. The van der Waals surface area contributed by atoms with E-state index in [0.717, 1.165) is 28.1 Å². The Bertz CT molecular complexity index is 651. The van der Waals surface area contributed by atoms with Crippen LogP contribution in [0.1, 0.15) is 5.56 Å². The maximum absolute atomic E-state index is 5.65. The second-order valence-corrected chi connectivity index (χ2v) is 3.99. The molecule has 0 saturated heterocycles. The number of hydrogen-bond acceptors (Lipinski definition) is 3. The van der Waals surface area contributed by atoms with Gasteiger partial charge in [-0.1, -0.05) is 6.07 Å². The van der Waals surface area contributed by atoms with Crippen LogP contribution in [0.25, 0.3) is 22.6 Å². The van der Waals surface area contributed by atoms with Gasteiger partial charge >= 0.3 is 0 Å². The molecule has 0 fully saturated rings. The highest BCUT2D eigenvalue weighted by Gasteiger charge is 2.10. The maximum Gasteiger partial charge on any atom is 0.158 e. The van der Waals surface area contributed by atoms with Crippen molar-refractivity contribution in [3.63, 3.8) is 0 Å². The number of rotatable bonds is 2. The van der Waals surface area contributed by atoms with E-state index >= 15 is 0 Å². The summed E-state index contributed by atoms with van der Waals surface area (Å²) in [6, 6.07) is 7.98. The summed E-state index contributed by atoms with van der Waals surface area (Å²) in [4.78, 5) is 4.58. The molecule has 0 aliphatic rings. The molecule has 0 radical (unpaired) electrons. The molecule has 2 aromatic heterocycles. The van der Waals surface area contributed by atoms with Gasteiger partial charge in [0.1, 0.15) is 5.69 Å². The van der Waals surface area contributed by atoms with E-state index in [9.17, 15) is 0 Å². The lowest BCUT2D eigenvalue weighted by Crippen LogP contribution is -1.97. The molecule has 5 nitrogen and oxygen atoms in total. The molecule has 0 aliphatic carbocycles. The molecule has 86 valence electrons. The van der Waals surface area contributed by atoms with Gasteiger partial charge in [-0.25, -0.2) is 4.98 Å². The summed E-state index contributed by atoms with van der Waals surface area (Å²) in [6.45, 7) is 0.542. The Hall–Kier alpha value is -2.14. The average molecular weight is 227 g/mol. The molecule has 0 atom stereocenters. The quantitative estimate of drug-likeness (QED) is 0.695. The molecule has 3 aromatic rings. The van der Waals surface area contributed by atoms with Crippen molar-refractivity contribution in [3.05, 3.63) is 36.0 Å². The molecule has 0 saturated carbocycles. The maximum atomic E-state index is 5.65. The minimum absolute atomic E-state index is 0.542. The summed E-state index contributed by atoms with van der Waals surface area (Å²) in [5.74, 6) is 0.881. The number of benzene rings is 1. The van der Waals surface area contributed by atoms with Crippen LogP contribution in [-0.2, 0) is 13.6 Å². The second-order valence-electron chi connectivity index (χ2n) is 3.99. The lowest BCUT2D eigenvalue weighted by molar-refractivity contribution is 0.941. The van der Waals surface area contributed by atoms with Gasteiger partial charge in [0.25, 0.3) is 0 Å². The number of nitrogens with two attached hydrogens (primary N) is 1. The lowest BCUT2D eigenvalue weighted by Gasteiger charge is -2.00. The van der Waals surface area contributed by atoms with Gasteiger partial charge in [0, 0.05) is 19.8 Å². The number of hydrogen-bond donors (Lipinski definition) is 2. The molecule has 0 aliphatic heterocycles. The Morgan fingerprint density at radius 1 is 1.35 bits per heavy atom. The van der Waals surface area contributed by atoms with Crippen LogP contribution in [0.3, 0.4) is 0 Å². The Kier molecular flexibility index (Phi) is 2.19. The van der Waals surface area contributed by atoms with Crippen molar-refractivity contribution in [3.8, 4) is 11.5 Å². The van der Waals surface area contributed by atoms with Gasteiger partial charge in [0.15, 0.2) is 5.82 Å². The normalized spacial score (nSPS) is 11.2. The lowest BCUT2D eigenvalue weighted by atomic mass is 10.2. The van der Waals surface area contributed by atoms with Gasteiger partial charge < -0.3 is 10.3 Å². The first-order valence-electron chi connectivity index (χ1n) is 5.45. The molecule has 2 heterocycles. The number of nitrogens with zero attached hydrogens (tertiary/aromatic N) is 3. The summed E-state index contributed by atoms with van der Waals surface area (Å²) in [6.07, 6.45) is 1.72. The number of H-pyrrole nitrogens is 1. The number of aromatic amines is 1. The molecular weight excluding hydrogens is 214 g/mol. The smallest absolute Gasteiger partial charge is 0.158 e. The largest absolute Gasteiger partial charge is 0.326 e. The first-order valence-corrected chi connectivity index (χ1v) is 5.45. The zero-order chi connectivity index (χ0) is 11.8. The van der Waals surface area contributed by atoms with Gasteiger partial charge in [0.2, 0.25) is 0 Å². The van der Waals surface area contributed by atoms with E-state index in [1.54, 1.807) is 6.20 Å². The molecule has 5 heteroatoms. The monoisotopic (exact) mass is 227 g/mol. The van der Waals surface area contributed by atoms with Crippen LogP contribution in [-0.4, -0.2) is 19.7 Å². The average Bonchev–Trinajstić information content (AvgIpc) is 2.97. The summed E-state index contributed by atoms with van der Waals surface area (Å²) >= 11 is 0. The third-order valence-corrected chi connectivity index (χ3v) is 2.92. The predicted octanol–water partition coefficient (Wildman–Crippen LogP) is 1.42. The van der Waals surface area contributed by atoms with Crippen LogP contribution in [0.2, 0.25) is 0 Å². The molecular formula is C12H13N5. The molecule has 3 N–H and O–H groups in total. The van der Waals surface area contributed by atoms with Gasteiger partial charge in [-0.2, -0.15) is 5.10 Å². The summed E-state index contributed by atoms with van der Waals surface area (Å²) in [7, 11) is 1.99. The number of imidazole rings is 1. The molecule has 17 heavy (non-hydrogen) atoms. The van der Waals surface area contributed by atoms with E-state index in [0.29, 0.717) is 6.54 Å². The number of aryl methyl sites for hydroxylation is 1. The van der Waals surface area contributed by atoms with Crippen molar-refractivity contribution >= 4 is 11.0 Å². The Morgan fingerprint density at radius 3 is 2.94 bits per heavy atom. The van der Waals surface area contributed by atoms with Crippen molar-refractivity contribution in [1.82, 2.24) is 19.7 Å². The van der Waals surface area contributed by atoms with Crippen molar-refractivity contribution in [2.45, 2.75) is 6.54 Å². The first-order chi connectivity index (χ1) is 8.29. The fourth-order valence-electron chi connectivity index (χ4n) is 1.98. The van der Waals surface area contributed by atoms with Crippen LogP contribution in [0.15, 0.2) is 30.5 Å². The van der Waals surface area contributed by atoms with Crippen molar-refractivity contribution < 1.29 is 0 Å².